The van der Waals surface area contributed by atoms with Crippen molar-refractivity contribution in [1.29, 1.82) is 0 Å². The smallest absolute Gasteiger partial charge is 0.123 e. The molecular weight excluding hydrogens is 230 g/mol. The van der Waals surface area contributed by atoms with Crippen molar-refractivity contribution in [3.05, 3.63) is 43.0 Å². The molecule has 1 aromatic carbocycles. The Hall–Kier alpha value is -2.01. The van der Waals surface area contributed by atoms with Crippen LogP contribution >= 0.6 is 0 Å². The minimum Gasteiger partial charge on any atom is -0.492 e. The number of ether oxygens (including phenoxy) is 2. The van der Waals surface area contributed by atoms with Crippen LogP contribution in [-0.2, 0) is 6.54 Å². The van der Waals surface area contributed by atoms with Crippen molar-refractivity contribution < 1.29 is 9.47 Å². The summed E-state index contributed by atoms with van der Waals surface area (Å²) in [6.45, 7) is 2.38. The molecule has 1 heterocycles. The lowest BCUT2D eigenvalue weighted by Crippen LogP contribution is -2.10. The first-order chi connectivity index (χ1) is 8.88. The number of aromatic nitrogens is 2. The first kappa shape index (κ1) is 12.4. The Labute approximate surface area is 106 Å². The molecule has 0 radical (unpaired) electrons. The third-order valence-corrected chi connectivity index (χ3v) is 2.37. The molecule has 0 amide bonds. The van der Waals surface area contributed by atoms with Crippen LogP contribution in [0, 0.1) is 0 Å². The molecule has 0 saturated carbocycles. The maximum absolute atomic E-state index is 5.64. The highest BCUT2D eigenvalue weighted by Crippen LogP contribution is 2.19. The van der Waals surface area contributed by atoms with Gasteiger partial charge in [0.25, 0.3) is 0 Å². The molecule has 0 fully saturated rings. The van der Waals surface area contributed by atoms with Crippen molar-refractivity contribution in [3.8, 4) is 11.5 Å². The average Bonchev–Trinajstić information content (AvgIpc) is 2.90. The largest absolute Gasteiger partial charge is 0.492 e. The summed E-state index contributed by atoms with van der Waals surface area (Å²) in [6.07, 6.45) is 5.43. The van der Waals surface area contributed by atoms with Crippen LogP contribution in [0.15, 0.2) is 43.0 Å². The third-order valence-electron chi connectivity index (χ3n) is 2.37. The van der Waals surface area contributed by atoms with Gasteiger partial charge in [-0.3, -0.25) is 0 Å². The van der Waals surface area contributed by atoms with Gasteiger partial charge < -0.3 is 19.8 Å². The summed E-state index contributed by atoms with van der Waals surface area (Å²) in [7, 11) is 0. The molecule has 2 N–H and O–H groups in total. The number of rotatable bonds is 7. The second kappa shape index (κ2) is 6.66. The van der Waals surface area contributed by atoms with E-state index in [9.17, 15) is 0 Å². The molecule has 1 aromatic heterocycles. The SMILES string of the molecule is NCCOc1cccc(OCCn2ccnc2)c1. The van der Waals surface area contributed by atoms with E-state index in [1.54, 1.807) is 12.5 Å². The molecule has 96 valence electrons. The lowest BCUT2D eigenvalue weighted by Gasteiger charge is -2.09. The molecule has 0 atom stereocenters. The fourth-order valence-corrected chi connectivity index (χ4v) is 1.52. The lowest BCUT2D eigenvalue weighted by molar-refractivity contribution is 0.292. The minimum atomic E-state index is 0.506. The number of imidazole rings is 1. The molecule has 18 heavy (non-hydrogen) atoms. The minimum absolute atomic E-state index is 0.506. The van der Waals surface area contributed by atoms with Gasteiger partial charge >= 0.3 is 0 Å². The monoisotopic (exact) mass is 247 g/mol. The normalized spacial score (nSPS) is 10.3. The Kier molecular flexibility index (Phi) is 4.60. The van der Waals surface area contributed by atoms with Gasteiger partial charge in [0.1, 0.15) is 24.7 Å². The van der Waals surface area contributed by atoms with E-state index in [4.69, 9.17) is 15.2 Å². The van der Waals surface area contributed by atoms with Gasteiger partial charge in [0, 0.05) is 25.0 Å². The molecule has 0 saturated heterocycles. The topological polar surface area (TPSA) is 62.3 Å². The summed E-state index contributed by atoms with van der Waals surface area (Å²) < 4.78 is 13.0. The van der Waals surface area contributed by atoms with Crippen molar-refractivity contribution in [2.24, 2.45) is 5.73 Å². The third kappa shape index (κ3) is 3.78. The zero-order chi connectivity index (χ0) is 12.6. The van der Waals surface area contributed by atoms with E-state index >= 15 is 0 Å². The number of nitrogens with zero attached hydrogens (tertiary/aromatic N) is 2. The van der Waals surface area contributed by atoms with Crippen LogP contribution in [0.1, 0.15) is 0 Å². The van der Waals surface area contributed by atoms with Gasteiger partial charge in [-0.15, -0.1) is 0 Å². The highest BCUT2D eigenvalue weighted by molar-refractivity contribution is 5.32. The van der Waals surface area contributed by atoms with Crippen LogP contribution in [0.3, 0.4) is 0 Å². The Balaban J connectivity index is 1.81. The van der Waals surface area contributed by atoms with E-state index in [2.05, 4.69) is 4.98 Å². The Morgan fingerprint density at radius 2 is 1.94 bits per heavy atom. The quantitative estimate of drug-likeness (QED) is 0.801. The van der Waals surface area contributed by atoms with E-state index in [0.717, 1.165) is 18.0 Å². The van der Waals surface area contributed by atoms with Crippen LogP contribution in [-0.4, -0.2) is 29.3 Å². The van der Waals surface area contributed by atoms with Gasteiger partial charge in [-0.1, -0.05) is 6.07 Å². The van der Waals surface area contributed by atoms with Gasteiger partial charge in [-0.25, -0.2) is 4.98 Å². The highest BCUT2D eigenvalue weighted by atomic mass is 16.5. The number of benzene rings is 1. The lowest BCUT2D eigenvalue weighted by atomic mass is 10.3. The van der Waals surface area contributed by atoms with Crippen molar-refractivity contribution in [2.75, 3.05) is 19.8 Å². The number of nitrogens with two attached hydrogens (primary N) is 1. The molecule has 0 spiro atoms. The summed E-state index contributed by atoms with van der Waals surface area (Å²) in [4.78, 5) is 3.97. The first-order valence-electron chi connectivity index (χ1n) is 5.90. The van der Waals surface area contributed by atoms with Crippen molar-refractivity contribution in [1.82, 2.24) is 9.55 Å². The molecule has 0 unspecified atom stereocenters. The van der Waals surface area contributed by atoms with E-state index in [1.165, 1.54) is 0 Å². The summed E-state index contributed by atoms with van der Waals surface area (Å²) in [5.41, 5.74) is 5.38. The summed E-state index contributed by atoms with van der Waals surface area (Å²) >= 11 is 0. The Morgan fingerprint density at radius 1 is 1.17 bits per heavy atom. The second-order valence-electron chi connectivity index (χ2n) is 3.76. The van der Waals surface area contributed by atoms with Crippen LogP contribution in [0.2, 0.25) is 0 Å². The maximum atomic E-state index is 5.64. The average molecular weight is 247 g/mol. The van der Waals surface area contributed by atoms with E-state index in [-0.39, 0.29) is 0 Å². The van der Waals surface area contributed by atoms with Gasteiger partial charge in [-0.2, -0.15) is 0 Å². The fourth-order valence-electron chi connectivity index (χ4n) is 1.52. The van der Waals surface area contributed by atoms with E-state index in [1.807, 2.05) is 35.0 Å². The fraction of sp³-hybridized carbons (Fsp3) is 0.308. The van der Waals surface area contributed by atoms with Crippen LogP contribution in [0.5, 0.6) is 11.5 Å². The predicted molar refractivity (Wildman–Crippen MR) is 68.7 cm³/mol. The van der Waals surface area contributed by atoms with Crippen LogP contribution in [0.4, 0.5) is 0 Å². The van der Waals surface area contributed by atoms with E-state index in [0.29, 0.717) is 19.8 Å². The van der Waals surface area contributed by atoms with Gasteiger partial charge in [0.15, 0.2) is 0 Å². The predicted octanol–water partition coefficient (Wildman–Crippen LogP) is 1.30. The van der Waals surface area contributed by atoms with Crippen molar-refractivity contribution >= 4 is 0 Å². The van der Waals surface area contributed by atoms with Crippen LogP contribution in [0.25, 0.3) is 0 Å². The zero-order valence-electron chi connectivity index (χ0n) is 10.2. The summed E-state index contributed by atoms with van der Waals surface area (Å²) in [6, 6.07) is 7.56. The highest BCUT2D eigenvalue weighted by Gasteiger charge is 1.98. The molecule has 0 bridgehead atoms. The van der Waals surface area contributed by atoms with Crippen molar-refractivity contribution in [2.45, 2.75) is 6.54 Å². The summed E-state index contributed by atoms with van der Waals surface area (Å²) in [5.74, 6) is 1.57. The Bertz CT molecular complexity index is 457. The molecule has 0 aliphatic rings. The number of hydrogen-bond acceptors (Lipinski definition) is 4. The van der Waals surface area contributed by atoms with Gasteiger partial charge in [0.2, 0.25) is 0 Å². The second-order valence-corrected chi connectivity index (χ2v) is 3.76. The molecule has 2 rings (SSSR count). The molecule has 0 aliphatic carbocycles. The van der Waals surface area contributed by atoms with Crippen LogP contribution < -0.4 is 15.2 Å². The molecule has 5 heteroatoms. The van der Waals surface area contributed by atoms with Crippen molar-refractivity contribution in [3.63, 3.8) is 0 Å². The zero-order valence-corrected chi connectivity index (χ0v) is 10.2. The maximum Gasteiger partial charge on any atom is 0.123 e. The standard InChI is InChI=1S/C13H17N3O2/c14-4-8-17-12-2-1-3-13(10-12)18-9-7-16-6-5-15-11-16/h1-3,5-6,10-11H,4,7-9,14H2. The first-order valence-corrected chi connectivity index (χ1v) is 5.90. The molecular formula is C13H17N3O2. The molecule has 5 nitrogen and oxygen atoms in total. The van der Waals surface area contributed by atoms with Gasteiger partial charge in [-0.05, 0) is 12.1 Å². The molecule has 0 aliphatic heterocycles. The number of hydrogen-bond donors (Lipinski definition) is 1. The van der Waals surface area contributed by atoms with E-state index < -0.39 is 0 Å². The summed E-state index contributed by atoms with van der Waals surface area (Å²) in [5, 5.41) is 0. The molecule has 2 aromatic rings. The Morgan fingerprint density at radius 3 is 2.61 bits per heavy atom. The van der Waals surface area contributed by atoms with Gasteiger partial charge in [0.05, 0.1) is 12.9 Å².